The van der Waals surface area contributed by atoms with Crippen LogP contribution in [0.25, 0.3) is 0 Å². The van der Waals surface area contributed by atoms with Crippen LogP contribution in [-0.4, -0.2) is 17.7 Å². The molecule has 1 rings (SSSR count). The summed E-state index contributed by atoms with van der Waals surface area (Å²) in [5, 5.41) is 0. The molecule has 0 spiro atoms. The summed E-state index contributed by atoms with van der Waals surface area (Å²) in [7, 11) is -4.09. The first-order valence-electron chi connectivity index (χ1n) is 11.0. The minimum Gasteiger partial charge on any atom is -0.285 e. The molecule has 0 aliphatic heterocycles. The second-order valence-corrected chi connectivity index (χ2v) is 10.8. The van der Waals surface area contributed by atoms with Crippen LogP contribution in [0.4, 0.5) is 0 Å². The Labute approximate surface area is 168 Å². The molecule has 1 aliphatic rings. The van der Waals surface area contributed by atoms with Crippen molar-refractivity contribution in [2.24, 2.45) is 11.8 Å². The predicted octanol–water partition coefficient (Wildman–Crippen LogP) is 7.10. The molecule has 0 aromatic carbocycles. The highest BCUT2D eigenvalue weighted by Gasteiger charge is 2.43. The normalized spacial score (nSPS) is 23.0. The Bertz CT molecular complexity index is 574. The van der Waals surface area contributed by atoms with E-state index >= 15 is 0 Å². The van der Waals surface area contributed by atoms with Crippen molar-refractivity contribution in [3.8, 4) is 0 Å². The van der Waals surface area contributed by atoms with Gasteiger partial charge in [0.1, 0.15) is 4.75 Å². The van der Waals surface area contributed by atoms with Crippen LogP contribution in [0.15, 0.2) is 23.8 Å². The predicted molar refractivity (Wildman–Crippen MR) is 117 cm³/mol. The van der Waals surface area contributed by atoms with Gasteiger partial charge in [0.2, 0.25) is 0 Å². The summed E-state index contributed by atoms with van der Waals surface area (Å²) in [5.74, 6) is 0.670. The maximum atomic E-state index is 11.7. The molecular formula is C23H42O3S. The highest BCUT2D eigenvalue weighted by Crippen LogP contribution is 2.37. The van der Waals surface area contributed by atoms with Crippen molar-refractivity contribution < 1.29 is 13.0 Å². The van der Waals surface area contributed by atoms with E-state index in [1.54, 1.807) is 19.1 Å². The van der Waals surface area contributed by atoms with Gasteiger partial charge in [0.15, 0.2) is 0 Å². The van der Waals surface area contributed by atoms with Crippen LogP contribution in [-0.2, 0) is 10.1 Å². The van der Waals surface area contributed by atoms with E-state index in [1.165, 1.54) is 64.2 Å². The first-order chi connectivity index (χ1) is 12.7. The Kier molecular flexibility index (Phi) is 10.9. The standard InChI is InChI=1S/C23H42O3S/c1-20(2)16-13-11-9-7-5-6-8-10-12-14-17-22-18-15-19-23(4,21(22)3)27(24,25)26/h15,18-21H,5-14,16-17H2,1-4H3,(H,24,25,26). The van der Waals surface area contributed by atoms with Crippen molar-refractivity contribution in [3.05, 3.63) is 23.8 Å². The van der Waals surface area contributed by atoms with E-state index in [-0.39, 0.29) is 5.92 Å². The summed E-state index contributed by atoms with van der Waals surface area (Å²) in [5.41, 5.74) is 1.14. The van der Waals surface area contributed by atoms with Crippen molar-refractivity contribution in [2.45, 2.75) is 109 Å². The van der Waals surface area contributed by atoms with Crippen LogP contribution in [0.3, 0.4) is 0 Å². The van der Waals surface area contributed by atoms with Crippen molar-refractivity contribution in [1.29, 1.82) is 0 Å². The van der Waals surface area contributed by atoms with Gasteiger partial charge in [-0.05, 0) is 25.7 Å². The largest absolute Gasteiger partial charge is 0.285 e. The Morgan fingerprint density at radius 1 is 0.963 bits per heavy atom. The average Bonchev–Trinajstić information content (AvgIpc) is 2.58. The van der Waals surface area contributed by atoms with Crippen molar-refractivity contribution in [1.82, 2.24) is 0 Å². The lowest BCUT2D eigenvalue weighted by molar-refractivity contribution is 0.414. The number of hydrogen-bond donors (Lipinski definition) is 1. The summed E-state index contributed by atoms with van der Waals surface area (Å²) < 4.78 is 31.8. The molecule has 0 radical (unpaired) electrons. The van der Waals surface area contributed by atoms with Crippen molar-refractivity contribution >= 4 is 10.1 Å². The fourth-order valence-electron chi connectivity index (χ4n) is 3.92. The highest BCUT2D eigenvalue weighted by atomic mass is 32.2. The Hall–Kier alpha value is -0.610. The van der Waals surface area contributed by atoms with E-state index in [2.05, 4.69) is 13.8 Å². The Morgan fingerprint density at radius 2 is 1.44 bits per heavy atom. The van der Waals surface area contributed by atoms with Crippen molar-refractivity contribution in [3.63, 3.8) is 0 Å². The molecule has 2 atom stereocenters. The molecule has 4 heteroatoms. The Morgan fingerprint density at radius 3 is 1.93 bits per heavy atom. The molecule has 27 heavy (non-hydrogen) atoms. The third kappa shape index (κ3) is 8.51. The fourth-order valence-corrected chi connectivity index (χ4v) is 4.77. The molecular weight excluding hydrogens is 356 g/mol. The zero-order chi connectivity index (χ0) is 20.3. The van der Waals surface area contributed by atoms with Gasteiger partial charge in [-0.2, -0.15) is 8.42 Å². The molecule has 0 aromatic rings. The first kappa shape index (κ1) is 24.4. The molecule has 1 aliphatic carbocycles. The van der Waals surface area contributed by atoms with E-state index in [9.17, 15) is 13.0 Å². The quantitative estimate of drug-likeness (QED) is 0.251. The highest BCUT2D eigenvalue weighted by molar-refractivity contribution is 7.87. The minimum absolute atomic E-state index is 0.173. The van der Waals surface area contributed by atoms with Crippen LogP contribution < -0.4 is 0 Å². The molecule has 0 heterocycles. The van der Waals surface area contributed by atoms with E-state index in [4.69, 9.17) is 0 Å². The number of hydrogen-bond acceptors (Lipinski definition) is 2. The molecule has 3 nitrogen and oxygen atoms in total. The molecule has 0 fully saturated rings. The molecule has 2 unspecified atom stereocenters. The van der Waals surface area contributed by atoms with E-state index in [0.29, 0.717) is 0 Å². The van der Waals surface area contributed by atoms with E-state index in [1.807, 2.05) is 13.0 Å². The number of allylic oxidation sites excluding steroid dienone is 3. The minimum atomic E-state index is -4.09. The van der Waals surface area contributed by atoms with Crippen LogP contribution in [0.5, 0.6) is 0 Å². The zero-order valence-electron chi connectivity index (χ0n) is 18.0. The molecule has 0 amide bonds. The lowest BCUT2D eigenvalue weighted by Gasteiger charge is -2.33. The second kappa shape index (κ2) is 12.1. The lowest BCUT2D eigenvalue weighted by atomic mass is 9.81. The summed E-state index contributed by atoms with van der Waals surface area (Å²) >= 11 is 0. The third-order valence-corrected chi connectivity index (χ3v) is 7.81. The third-order valence-electron chi connectivity index (χ3n) is 6.21. The van der Waals surface area contributed by atoms with E-state index in [0.717, 1.165) is 24.3 Å². The van der Waals surface area contributed by atoms with Crippen LogP contribution >= 0.6 is 0 Å². The van der Waals surface area contributed by atoms with Gasteiger partial charge < -0.3 is 0 Å². The smallest absolute Gasteiger partial charge is 0.274 e. The second-order valence-electron chi connectivity index (χ2n) is 8.95. The zero-order valence-corrected chi connectivity index (χ0v) is 18.9. The maximum absolute atomic E-state index is 11.7. The summed E-state index contributed by atoms with van der Waals surface area (Å²) in [6, 6.07) is 0. The van der Waals surface area contributed by atoms with Crippen LogP contribution in [0.2, 0.25) is 0 Å². The molecule has 158 valence electrons. The van der Waals surface area contributed by atoms with Gasteiger partial charge in [0, 0.05) is 5.92 Å². The van der Waals surface area contributed by atoms with Gasteiger partial charge in [-0.25, -0.2) is 0 Å². The topological polar surface area (TPSA) is 54.4 Å². The lowest BCUT2D eigenvalue weighted by Crippen LogP contribution is -2.41. The van der Waals surface area contributed by atoms with Gasteiger partial charge in [-0.1, -0.05) is 109 Å². The Balaban J connectivity index is 2.09. The molecule has 0 bridgehead atoms. The number of rotatable bonds is 14. The number of unbranched alkanes of at least 4 members (excludes halogenated alkanes) is 9. The van der Waals surface area contributed by atoms with Crippen LogP contribution in [0, 0.1) is 11.8 Å². The maximum Gasteiger partial charge on any atom is 0.274 e. The fraction of sp³-hybridized carbons (Fsp3) is 0.826. The molecule has 1 N–H and O–H groups in total. The monoisotopic (exact) mass is 398 g/mol. The van der Waals surface area contributed by atoms with E-state index < -0.39 is 14.9 Å². The molecule has 0 saturated carbocycles. The van der Waals surface area contributed by atoms with Gasteiger partial charge in [-0.15, -0.1) is 0 Å². The molecule has 0 saturated heterocycles. The first-order valence-corrected chi connectivity index (χ1v) is 12.5. The molecule has 0 aromatic heterocycles. The average molecular weight is 399 g/mol. The van der Waals surface area contributed by atoms with Gasteiger partial charge in [-0.3, -0.25) is 4.55 Å². The summed E-state index contributed by atoms with van der Waals surface area (Å²) in [6.45, 7) is 8.12. The summed E-state index contributed by atoms with van der Waals surface area (Å²) in [4.78, 5) is 0. The van der Waals surface area contributed by atoms with Gasteiger partial charge in [0.05, 0.1) is 0 Å². The van der Waals surface area contributed by atoms with Gasteiger partial charge in [0.25, 0.3) is 10.1 Å². The SMILES string of the molecule is CC(C)CCCCCCCCCCCCC1=CC=CC(C)(S(=O)(=O)O)C1C. The summed E-state index contributed by atoms with van der Waals surface area (Å²) in [6.07, 6.45) is 20.8. The van der Waals surface area contributed by atoms with Crippen LogP contribution in [0.1, 0.15) is 105 Å². The van der Waals surface area contributed by atoms with Gasteiger partial charge >= 0.3 is 0 Å². The van der Waals surface area contributed by atoms with Crippen molar-refractivity contribution in [2.75, 3.05) is 0 Å².